The van der Waals surface area contributed by atoms with Gasteiger partial charge >= 0.3 is 11.9 Å². The van der Waals surface area contributed by atoms with Gasteiger partial charge in [-0.05, 0) is 73.9 Å². The van der Waals surface area contributed by atoms with Crippen LogP contribution in [0.2, 0.25) is 0 Å². The van der Waals surface area contributed by atoms with Gasteiger partial charge in [0.1, 0.15) is 6.10 Å². The molecule has 9 heteroatoms. The molecule has 0 aliphatic carbocycles. The van der Waals surface area contributed by atoms with Crippen LogP contribution in [0.15, 0.2) is 42.5 Å². The number of benzene rings is 2. The summed E-state index contributed by atoms with van der Waals surface area (Å²) >= 11 is 0. The molecule has 0 saturated heterocycles. The Morgan fingerprint density at radius 1 is 0.642 bits per heavy atom. The lowest BCUT2D eigenvalue weighted by Gasteiger charge is -2.18. The fraction of sp³-hybridized carbons (Fsp3) is 0.591. The van der Waals surface area contributed by atoms with Crippen LogP contribution in [-0.2, 0) is 19.1 Å². The van der Waals surface area contributed by atoms with Gasteiger partial charge in [0.15, 0.2) is 23.0 Å². The molecule has 0 radical (unpaired) electrons. The summed E-state index contributed by atoms with van der Waals surface area (Å²) in [7, 11) is 6.49. The van der Waals surface area contributed by atoms with E-state index >= 15 is 0 Å². The number of cyclic esters (lactones) is 1. The van der Waals surface area contributed by atoms with Crippen LogP contribution < -0.4 is 23.7 Å². The van der Waals surface area contributed by atoms with Gasteiger partial charge in [-0.25, -0.2) is 4.79 Å². The van der Waals surface area contributed by atoms with Gasteiger partial charge < -0.3 is 33.2 Å². The van der Waals surface area contributed by atoms with Crippen molar-refractivity contribution in [1.29, 1.82) is 0 Å². The molecule has 0 bridgehead atoms. The molecule has 2 aromatic rings. The number of carbonyl (C=O) groups is 2. The van der Waals surface area contributed by atoms with E-state index in [1.165, 1.54) is 63.9 Å². The van der Waals surface area contributed by atoms with Gasteiger partial charge in [0.2, 0.25) is 5.75 Å². The minimum atomic E-state index is -0.241. The molecule has 1 aliphatic heterocycles. The van der Waals surface area contributed by atoms with E-state index in [1.807, 2.05) is 48.6 Å². The van der Waals surface area contributed by atoms with Crippen LogP contribution in [0.4, 0.5) is 0 Å². The van der Waals surface area contributed by atoms with Crippen molar-refractivity contribution in [3.63, 3.8) is 0 Å². The summed E-state index contributed by atoms with van der Waals surface area (Å²) in [6.45, 7) is 1.15. The molecule has 294 valence electrons. The quantitative estimate of drug-likeness (QED) is 0.0459. The van der Waals surface area contributed by atoms with Gasteiger partial charge in [-0.1, -0.05) is 94.9 Å². The van der Waals surface area contributed by atoms with Gasteiger partial charge in [-0.2, -0.15) is 0 Å². The van der Waals surface area contributed by atoms with Crippen LogP contribution >= 0.6 is 0 Å². The Kier molecular flexibility index (Phi) is 21.7. The Bertz CT molecular complexity index is 1370. The molecule has 1 heterocycles. The Morgan fingerprint density at radius 3 is 1.79 bits per heavy atom. The second kappa shape index (κ2) is 26.6. The summed E-state index contributed by atoms with van der Waals surface area (Å²) in [6.07, 6.45) is 28.1. The zero-order valence-corrected chi connectivity index (χ0v) is 32.8. The topological polar surface area (TPSA) is 98.8 Å². The van der Waals surface area contributed by atoms with E-state index in [1.54, 1.807) is 28.4 Å². The van der Waals surface area contributed by atoms with E-state index in [0.717, 1.165) is 80.4 Å². The number of hydrogen-bond donors (Lipinski definition) is 0. The average Bonchev–Trinajstić information content (AvgIpc) is 3.17. The molecule has 1 aliphatic rings. The lowest BCUT2D eigenvalue weighted by Crippen LogP contribution is -2.19. The average molecular weight is 737 g/mol. The van der Waals surface area contributed by atoms with Crippen molar-refractivity contribution < 1.29 is 42.7 Å². The summed E-state index contributed by atoms with van der Waals surface area (Å²) in [6, 6.07) is 9.78. The number of unbranched alkanes of at least 4 members (excludes halogenated alkanes) is 14. The Balaban J connectivity index is 1.13. The highest BCUT2D eigenvalue weighted by Gasteiger charge is 2.15. The maximum atomic E-state index is 12.0. The standard InChI is InChI=1S/C44H64O9/c1-47-38-29-28-35(26-27-36-33-40(48-2)44(50-4)41(34-36)49-3)32-39(38)51-30-19-15-13-11-9-7-5-6-8-10-12-14-18-24-42(45)52-31-20-16-17-22-37-23-21-25-43(46)53-37/h21,25-29,32-34,37H,5-20,22-24,30-31H2,1-4H3/b27-26-/t37-/m1/s1. The molecule has 0 unspecified atom stereocenters. The molecule has 0 aromatic heterocycles. The fourth-order valence-electron chi connectivity index (χ4n) is 6.45. The number of carbonyl (C=O) groups excluding carboxylic acids is 2. The number of esters is 2. The van der Waals surface area contributed by atoms with E-state index in [4.69, 9.17) is 33.2 Å². The smallest absolute Gasteiger partial charge is 0.330 e. The third-order valence-electron chi connectivity index (χ3n) is 9.49. The van der Waals surface area contributed by atoms with Gasteiger partial charge in [-0.15, -0.1) is 0 Å². The Morgan fingerprint density at radius 2 is 1.19 bits per heavy atom. The Labute approximate surface area is 318 Å². The highest BCUT2D eigenvalue weighted by atomic mass is 16.5. The predicted molar refractivity (Wildman–Crippen MR) is 211 cm³/mol. The summed E-state index contributed by atoms with van der Waals surface area (Å²) in [5.74, 6) is 2.96. The van der Waals surface area contributed by atoms with Crippen LogP contribution in [0.5, 0.6) is 28.7 Å². The lowest BCUT2D eigenvalue weighted by molar-refractivity contribution is -0.145. The van der Waals surface area contributed by atoms with E-state index in [0.29, 0.717) is 36.9 Å². The zero-order valence-electron chi connectivity index (χ0n) is 32.8. The van der Waals surface area contributed by atoms with Crippen molar-refractivity contribution >= 4 is 24.1 Å². The molecular formula is C44H64O9. The van der Waals surface area contributed by atoms with Gasteiger partial charge in [0.25, 0.3) is 0 Å². The van der Waals surface area contributed by atoms with Crippen molar-refractivity contribution in [2.75, 3.05) is 41.7 Å². The molecule has 1 atom stereocenters. The minimum Gasteiger partial charge on any atom is -0.493 e. The van der Waals surface area contributed by atoms with E-state index in [2.05, 4.69) is 0 Å². The second-order valence-corrected chi connectivity index (χ2v) is 13.7. The first kappa shape index (κ1) is 43.3. The first-order chi connectivity index (χ1) is 26.0. The molecule has 0 saturated carbocycles. The van der Waals surface area contributed by atoms with Gasteiger partial charge in [-0.3, -0.25) is 4.79 Å². The monoisotopic (exact) mass is 736 g/mol. The third kappa shape index (κ3) is 17.5. The first-order valence-corrected chi connectivity index (χ1v) is 19.8. The molecule has 3 rings (SSSR count). The molecular weight excluding hydrogens is 672 g/mol. The van der Waals surface area contributed by atoms with Crippen molar-refractivity contribution in [3.05, 3.63) is 53.6 Å². The maximum Gasteiger partial charge on any atom is 0.330 e. The van der Waals surface area contributed by atoms with Crippen molar-refractivity contribution in [1.82, 2.24) is 0 Å². The van der Waals surface area contributed by atoms with Gasteiger partial charge in [0, 0.05) is 18.9 Å². The van der Waals surface area contributed by atoms with E-state index in [-0.39, 0.29) is 18.0 Å². The highest BCUT2D eigenvalue weighted by Crippen LogP contribution is 2.39. The van der Waals surface area contributed by atoms with Crippen molar-refractivity contribution in [3.8, 4) is 28.7 Å². The number of ether oxygens (including phenoxy) is 7. The Hall–Kier alpha value is -4.14. The molecule has 0 N–H and O–H groups in total. The first-order valence-electron chi connectivity index (χ1n) is 19.8. The second-order valence-electron chi connectivity index (χ2n) is 13.7. The van der Waals surface area contributed by atoms with Gasteiger partial charge in [0.05, 0.1) is 41.7 Å². The zero-order chi connectivity index (χ0) is 37.9. The normalized spacial score (nSPS) is 13.9. The molecule has 0 amide bonds. The molecule has 9 nitrogen and oxygen atoms in total. The number of rotatable bonds is 29. The van der Waals surface area contributed by atoms with Crippen LogP contribution in [0.25, 0.3) is 12.2 Å². The summed E-state index contributed by atoms with van der Waals surface area (Å²) < 4.78 is 38.7. The van der Waals surface area contributed by atoms with Crippen molar-refractivity contribution in [2.45, 2.75) is 128 Å². The van der Waals surface area contributed by atoms with E-state index < -0.39 is 0 Å². The van der Waals surface area contributed by atoms with Crippen LogP contribution in [-0.4, -0.2) is 59.7 Å². The fourth-order valence-corrected chi connectivity index (χ4v) is 6.45. The summed E-state index contributed by atoms with van der Waals surface area (Å²) in [4.78, 5) is 23.2. The highest BCUT2D eigenvalue weighted by molar-refractivity contribution is 5.82. The minimum absolute atomic E-state index is 0.00555. The largest absolute Gasteiger partial charge is 0.493 e. The predicted octanol–water partition coefficient (Wildman–Crippen LogP) is 10.7. The molecule has 2 aromatic carbocycles. The molecule has 53 heavy (non-hydrogen) atoms. The summed E-state index contributed by atoms with van der Waals surface area (Å²) in [5.41, 5.74) is 1.94. The SMILES string of the molecule is COc1ccc(/C=C\c2cc(OC)c(OC)c(OC)c2)cc1OCCCCCCCCCCCCCCCC(=O)OCCCCC[C@@H]1CC=CC(=O)O1. The molecule has 0 spiro atoms. The molecule has 0 fully saturated rings. The lowest BCUT2D eigenvalue weighted by atomic mass is 10.0. The van der Waals surface area contributed by atoms with E-state index in [9.17, 15) is 9.59 Å². The summed E-state index contributed by atoms with van der Waals surface area (Å²) in [5, 5.41) is 0. The van der Waals surface area contributed by atoms with Crippen molar-refractivity contribution in [2.24, 2.45) is 0 Å². The van der Waals surface area contributed by atoms with Crippen LogP contribution in [0.1, 0.15) is 133 Å². The van der Waals surface area contributed by atoms with Crippen LogP contribution in [0, 0.1) is 0 Å². The maximum absolute atomic E-state index is 12.0. The van der Waals surface area contributed by atoms with Crippen LogP contribution in [0.3, 0.4) is 0 Å². The third-order valence-corrected chi connectivity index (χ3v) is 9.49. The number of methoxy groups -OCH3 is 4. The number of hydrogen-bond acceptors (Lipinski definition) is 9.